The van der Waals surface area contributed by atoms with Gasteiger partial charge in [0.25, 0.3) is 0 Å². The van der Waals surface area contributed by atoms with Crippen molar-refractivity contribution in [2.75, 3.05) is 13.1 Å². The molecule has 0 aliphatic carbocycles. The molecule has 1 fully saturated rings. The molecule has 3 aromatic rings. The Bertz CT molecular complexity index is 962. The van der Waals surface area contributed by atoms with E-state index in [0.717, 1.165) is 42.6 Å². The van der Waals surface area contributed by atoms with Crippen molar-refractivity contribution >= 4 is 11.1 Å². The number of ether oxygens (including phenoxy) is 1. The van der Waals surface area contributed by atoms with Crippen molar-refractivity contribution in [3.05, 3.63) is 47.0 Å². The molecule has 0 bridgehead atoms. The first-order valence-corrected chi connectivity index (χ1v) is 9.18. The zero-order valence-electron chi connectivity index (χ0n) is 15.5. The largest absolute Gasteiger partial charge is 0.436 e. The standard InChI is InChI=1S/C21H22F2N2O2/c1-13-6-5-7-16(14(13)2)20-24-17-10-15(12-25-8-3-4-9-25)18(27-21(22)23)11-19(17)26-20/h5-7,10-11,21H,3-4,8-9,12H2,1-2H3. The molecular formula is C21H22F2N2O2. The first-order chi connectivity index (χ1) is 13.0. The Kier molecular flexibility index (Phi) is 4.83. The Balaban J connectivity index is 1.76. The van der Waals surface area contributed by atoms with Gasteiger partial charge < -0.3 is 9.15 Å². The summed E-state index contributed by atoms with van der Waals surface area (Å²) in [5.74, 6) is 0.653. The van der Waals surface area contributed by atoms with Crippen molar-refractivity contribution in [3.63, 3.8) is 0 Å². The van der Waals surface area contributed by atoms with Gasteiger partial charge in [-0.2, -0.15) is 8.78 Å². The van der Waals surface area contributed by atoms with Crippen LogP contribution in [-0.2, 0) is 6.54 Å². The van der Waals surface area contributed by atoms with Crippen molar-refractivity contribution < 1.29 is 17.9 Å². The highest BCUT2D eigenvalue weighted by Gasteiger charge is 2.20. The van der Waals surface area contributed by atoms with Crippen LogP contribution >= 0.6 is 0 Å². The third-order valence-electron chi connectivity index (χ3n) is 5.21. The first-order valence-electron chi connectivity index (χ1n) is 9.18. The van der Waals surface area contributed by atoms with Gasteiger partial charge in [0, 0.05) is 23.7 Å². The van der Waals surface area contributed by atoms with E-state index in [-0.39, 0.29) is 5.75 Å². The summed E-state index contributed by atoms with van der Waals surface area (Å²) >= 11 is 0. The lowest BCUT2D eigenvalue weighted by molar-refractivity contribution is -0.0506. The van der Waals surface area contributed by atoms with Crippen LogP contribution in [0.3, 0.4) is 0 Å². The quantitative estimate of drug-likeness (QED) is 0.608. The predicted octanol–water partition coefficient (Wildman–Crippen LogP) is 5.31. The second kappa shape index (κ2) is 7.27. The summed E-state index contributed by atoms with van der Waals surface area (Å²) < 4.78 is 36.5. The van der Waals surface area contributed by atoms with Gasteiger partial charge in [0.15, 0.2) is 5.58 Å². The second-order valence-corrected chi connectivity index (χ2v) is 7.06. The molecular weight excluding hydrogens is 350 g/mol. The average Bonchev–Trinajstić information content (AvgIpc) is 3.26. The first kappa shape index (κ1) is 17.9. The number of oxazole rings is 1. The van der Waals surface area contributed by atoms with Gasteiger partial charge in [0.2, 0.25) is 5.89 Å². The molecule has 1 aliphatic heterocycles. The maximum atomic E-state index is 12.9. The van der Waals surface area contributed by atoms with E-state index in [9.17, 15) is 8.78 Å². The number of hydrogen-bond acceptors (Lipinski definition) is 4. The Labute approximate surface area is 156 Å². The number of nitrogens with zero attached hydrogens (tertiary/aromatic N) is 2. The lowest BCUT2D eigenvalue weighted by atomic mass is 10.0. The summed E-state index contributed by atoms with van der Waals surface area (Å²) in [4.78, 5) is 6.85. The van der Waals surface area contributed by atoms with Crippen LogP contribution in [0.5, 0.6) is 5.75 Å². The summed E-state index contributed by atoms with van der Waals surface area (Å²) in [6.45, 7) is 3.69. The third-order valence-corrected chi connectivity index (χ3v) is 5.21. The fourth-order valence-corrected chi connectivity index (χ4v) is 3.61. The van der Waals surface area contributed by atoms with Crippen molar-refractivity contribution in [1.29, 1.82) is 0 Å². The third kappa shape index (κ3) is 3.67. The summed E-state index contributed by atoms with van der Waals surface area (Å²) in [5.41, 5.74) is 4.96. The fraction of sp³-hybridized carbons (Fsp3) is 0.381. The van der Waals surface area contributed by atoms with E-state index in [1.807, 2.05) is 38.1 Å². The number of fused-ring (bicyclic) bond motifs is 1. The van der Waals surface area contributed by atoms with Gasteiger partial charge in [-0.3, -0.25) is 4.90 Å². The topological polar surface area (TPSA) is 38.5 Å². The van der Waals surface area contributed by atoms with Crippen LogP contribution in [0.2, 0.25) is 0 Å². The van der Waals surface area contributed by atoms with E-state index in [0.29, 0.717) is 29.1 Å². The maximum absolute atomic E-state index is 12.9. The minimum atomic E-state index is -2.87. The smallest absolute Gasteiger partial charge is 0.387 e. The van der Waals surface area contributed by atoms with Crippen LogP contribution in [0.4, 0.5) is 8.78 Å². The number of alkyl halides is 2. The van der Waals surface area contributed by atoms with Crippen molar-refractivity contribution in [2.24, 2.45) is 0 Å². The van der Waals surface area contributed by atoms with E-state index in [4.69, 9.17) is 9.15 Å². The highest BCUT2D eigenvalue weighted by Crippen LogP contribution is 2.33. The normalized spacial score (nSPS) is 15.1. The molecule has 142 valence electrons. The molecule has 1 saturated heterocycles. The lowest BCUT2D eigenvalue weighted by Gasteiger charge is -2.17. The van der Waals surface area contributed by atoms with E-state index in [2.05, 4.69) is 9.88 Å². The lowest BCUT2D eigenvalue weighted by Crippen LogP contribution is -2.19. The van der Waals surface area contributed by atoms with Crippen LogP contribution in [0.15, 0.2) is 34.7 Å². The van der Waals surface area contributed by atoms with Crippen molar-refractivity contribution in [2.45, 2.75) is 39.8 Å². The number of aromatic nitrogens is 1. The minimum absolute atomic E-state index is 0.160. The van der Waals surface area contributed by atoms with Crippen molar-refractivity contribution in [1.82, 2.24) is 9.88 Å². The van der Waals surface area contributed by atoms with Gasteiger partial charge in [-0.15, -0.1) is 0 Å². The second-order valence-electron chi connectivity index (χ2n) is 7.06. The number of hydrogen-bond donors (Lipinski definition) is 0. The SMILES string of the molecule is Cc1cccc(-c2nc3cc(CN4CCCC4)c(OC(F)F)cc3o2)c1C. The Morgan fingerprint density at radius 3 is 2.70 bits per heavy atom. The van der Waals surface area contributed by atoms with Gasteiger partial charge in [-0.25, -0.2) is 4.98 Å². The minimum Gasteiger partial charge on any atom is -0.436 e. The van der Waals surface area contributed by atoms with E-state index in [1.54, 1.807) is 0 Å². The summed E-state index contributed by atoms with van der Waals surface area (Å²) in [5, 5.41) is 0. The van der Waals surface area contributed by atoms with Gasteiger partial charge in [-0.1, -0.05) is 12.1 Å². The molecule has 1 aromatic heterocycles. The molecule has 0 atom stereocenters. The molecule has 4 rings (SSSR count). The van der Waals surface area contributed by atoms with E-state index >= 15 is 0 Å². The molecule has 0 radical (unpaired) electrons. The van der Waals surface area contributed by atoms with Gasteiger partial charge in [0.05, 0.1) is 0 Å². The van der Waals surface area contributed by atoms with Crippen LogP contribution < -0.4 is 4.74 Å². The number of benzene rings is 2. The molecule has 0 unspecified atom stereocenters. The zero-order valence-corrected chi connectivity index (χ0v) is 15.5. The molecule has 4 nitrogen and oxygen atoms in total. The zero-order chi connectivity index (χ0) is 19.0. The highest BCUT2D eigenvalue weighted by molar-refractivity contribution is 5.79. The Morgan fingerprint density at radius 2 is 1.96 bits per heavy atom. The Hall–Kier alpha value is -2.47. The van der Waals surface area contributed by atoms with Crippen LogP contribution in [0.25, 0.3) is 22.6 Å². The summed E-state index contributed by atoms with van der Waals surface area (Å²) in [6, 6.07) is 9.29. The van der Waals surface area contributed by atoms with Gasteiger partial charge >= 0.3 is 6.61 Å². The van der Waals surface area contributed by atoms with Crippen LogP contribution in [-0.4, -0.2) is 29.6 Å². The van der Waals surface area contributed by atoms with Gasteiger partial charge in [-0.05, 0) is 63.0 Å². The number of rotatable bonds is 5. The molecule has 0 spiro atoms. The summed E-state index contributed by atoms with van der Waals surface area (Å²) in [7, 11) is 0. The molecule has 2 aromatic carbocycles. The predicted molar refractivity (Wildman–Crippen MR) is 100 cm³/mol. The molecule has 0 amide bonds. The highest BCUT2D eigenvalue weighted by atomic mass is 19.3. The summed E-state index contributed by atoms with van der Waals surface area (Å²) in [6.07, 6.45) is 2.27. The van der Waals surface area contributed by atoms with Crippen LogP contribution in [0.1, 0.15) is 29.5 Å². The molecule has 27 heavy (non-hydrogen) atoms. The molecule has 0 saturated carbocycles. The van der Waals surface area contributed by atoms with Crippen molar-refractivity contribution in [3.8, 4) is 17.2 Å². The molecule has 1 aliphatic rings. The number of halogens is 2. The molecule has 0 N–H and O–H groups in total. The number of aryl methyl sites for hydroxylation is 1. The monoisotopic (exact) mass is 372 g/mol. The number of likely N-dealkylation sites (tertiary alicyclic amines) is 1. The fourth-order valence-electron chi connectivity index (χ4n) is 3.61. The van der Waals surface area contributed by atoms with Gasteiger partial charge in [0.1, 0.15) is 11.3 Å². The average molecular weight is 372 g/mol. The Morgan fingerprint density at radius 1 is 1.19 bits per heavy atom. The van der Waals surface area contributed by atoms with E-state index < -0.39 is 6.61 Å². The van der Waals surface area contributed by atoms with Crippen LogP contribution in [0, 0.1) is 13.8 Å². The maximum Gasteiger partial charge on any atom is 0.387 e. The molecule has 6 heteroatoms. The molecule has 2 heterocycles. The van der Waals surface area contributed by atoms with E-state index in [1.165, 1.54) is 6.07 Å².